The maximum Gasteiger partial charge on any atom is 0.105 e. The molecule has 2 aliphatic rings. The van der Waals surface area contributed by atoms with Gasteiger partial charge in [0.05, 0.1) is 30.9 Å². The molecule has 1 aromatic carbocycles. The van der Waals surface area contributed by atoms with Gasteiger partial charge in [0.1, 0.15) is 6.10 Å². The third-order valence-corrected chi connectivity index (χ3v) is 5.32. The Hall–Kier alpha value is -1.57. The standard InChI is InChI=1S/C19H25N3O3/c23-18-13-25-12-17(19(18)24)22-8-6-21(7-9-22)11-14-3-4-16-15(10-14)2-1-5-20-16/h1-5,10,17-19,23-24H,6-9,11-13H2/t17-,18-,19+/m1/s1. The van der Waals surface area contributed by atoms with Gasteiger partial charge in [-0.2, -0.15) is 0 Å². The molecule has 2 N–H and O–H groups in total. The summed E-state index contributed by atoms with van der Waals surface area (Å²) < 4.78 is 5.41. The first-order chi connectivity index (χ1) is 12.2. The molecule has 3 heterocycles. The smallest absolute Gasteiger partial charge is 0.105 e. The molecular weight excluding hydrogens is 318 g/mol. The first-order valence-corrected chi connectivity index (χ1v) is 8.94. The Kier molecular flexibility index (Phi) is 4.96. The molecule has 0 radical (unpaired) electrons. The Morgan fingerprint density at radius 2 is 1.92 bits per heavy atom. The summed E-state index contributed by atoms with van der Waals surface area (Å²) in [4.78, 5) is 9.04. The van der Waals surface area contributed by atoms with E-state index < -0.39 is 12.2 Å². The molecule has 2 aliphatic heterocycles. The Morgan fingerprint density at radius 1 is 1.08 bits per heavy atom. The van der Waals surface area contributed by atoms with Crippen molar-refractivity contribution in [2.24, 2.45) is 0 Å². The van der Waals surface area contributed by atoms with E-state index in [-0.39, 0.29) is 12.6 Å². The van der Waals surface area contributed by atoms with Crippen molar-refractivity contribution in [3.05, 3.63) is 42.1 Å². The van der Waals surface area contributed by atoms with Crippen LogP contribution in [0.25, 0.3) is 10.9 Å². The lowest BCUT2D eigenvalue weighted by molar-refractivity contribution is -0.137. The van der Waals surface area contributed by atoms with Crippen LogP contribution in [0.4, 0.5) is 0 Å². The lowest BCUT2D eigenvalue weighted by atomic mass is 10.0. The van der Waals surface area contributed by atoms with Crippen molar-refractivity contribution in [3.8, 4) is 0 Å². The van der Waals surface area contributed by atoms with Gasteiger partial charge in [0.15, 0.2) is 0 Å². The second kappa shape index (κ2) is 7.35. The summed E-state index contributed by atoms with van der Waals surface area (Å²) in [7, 11) is 0. The third kappa shape index (κ3) is 3.68. The van der Waals surface area contributed by atoms with Crippen molar-refractivity contribution in [3.63, 3.8) is 0 Å². The number of fused-ring (bicyclic) bond motifs is 1. The highest BCUT2D eigenvalue weighted by molar-refractivity contribution is 5.78. The fourth-order valence-electron chi connectivity index (χ4n) is 3.82. The van der Waals surface area contributed by atoms with E-state index in [0.29, 0.717) is 6.61 Å². The van der Waals surface area contributed by atoms with Crippen LogP contribution in [0.5, 0.6) is 0 Å². The van der Waals surface area contributed by atoms with E-state index in [2.05, 4.69) is 39.0 Å². The van der Waals surface area contributed by atoms with Crippen molar-refractivity contribution in [2.75, 3.05) is 39.4 Å². The normalized spacial score (nSPS) is 29.1. The molecule has 0 unspecified atom stereocenters. The zero-order valence-corrected chi connectivity index (χ0v) is 14.3. The minimum Gasteiger partial charge on any atom is -0.389 e. The Balaban J connectivity index is 1.35. The molecule has 0 saturated carbocycles. The van der Waals surface area contributed by atoms with Crippen LogP contribution in [-0.2, 0) is 11.3 Å². The summed E-state index contributed by atoms with van der Waals surface area (Å²) in [6.45, 7) is 5.31. The van der Waals surface area contributed by atoms with Crippen molar-refractivity contribution in [1.29, 1.82) is 0 Å². The van der Waals surface area contributed by atoms with Gasteiger partial charge in [-0.05, 0) is 23.8 Å². The van der Waals surface area contributed by atoms with Crippen LogP contribution in [-0.4, -0.2) is 82.6 Å². The maximum atomic E-state index is 10.2. The van der Waals surface area contributed by atoms with Gasteiger partial charge in [0.2, 0.25) is 0 Å². The predicted molar refractivity (Wildman–Crippen MR) is 95.2 cm³/mol. The SMILES string of the molecule is O[C@@H]1[C@H](O)COC[C@H]1N1CCN(Cc2ccc3ncccc3c2)CC1. The molecule has 1 aromatic heterocycles. The monoisotopic (exact) mass is 343 g/mol. The fraction of sp³-hybridized carbons (Fsp3) is 0.526. The number of hydrogen-bond acceptors (Lipinski definition) is 6. The molecule has 6 heteroatoms. The van der Waals surface area contributed by atoms with Crippen LogP contribution in [0, 0.1) is 0 Å². The van der Waals surface area contributed by atoms with E-state index in [0.717, 1.165) is 38.2 Å². The van der Waals surface area contributed by atoms with Crippen molar-refractivity contribution in [1.82, 2.24) is 14.8 Å². The molecule has 2 fully saturated rings. The number of rotatable bonds is 3. The second-order valence-corrected chi connectivity index (χ2v) is 7.01. The molecule has 0 amide bonds. The topological polar surface area (TPSA) is 69.1 Å². The molecule has 4 rings (SSSR count). The number of hydrogen-bond donors (Lipinski definition) is 2. The number of aliphatic hydroxyl groups is 2. The first-order valence-electron chi connectivity index (χ1n) is 8.94. The summed E-state index contributed by atoms with van der Waals surface area (Å²) in [5.74, 6) is 0. The predicted octanol–water partition coefficient (Wildman–Crippen LogP) is 0.473. The molecule has 2 aromatic rings. The van der Waals surface area contributed by atoms with E-state index in [1.807, 2.05) is 12.3 Å². The first kappa shape index (κ1) is 16.9. The van der Waals surface area contributed by atoms with Gasteiger partial charge < -0.3 is 14.9 Å². The molecule has 3 atom stereocenters. The van der Waals surface area contributed by atoms with E-state index in [1.54, 1.807) is 0 Å². The van der Waals surface area contributed by atoms with Gasteiger partial charge >= 0.3 is 0 Å². The van der Waals surface area contributed by atoms with Crippen molar-refractivity contribution < 1.29 is 14.9 Å². The Morgan fingerprint density at radius 3 is 2.76 bits per heavy atom. The minimum atomic E-state index is -0.775. The van der Waals surface area contributed by atoms with Gasteiger partial charge in [-0.3, -0.25) is 14.8 Å². The molecule has 6 nitrogen and oxygen atoms in total. The average molecular weight is 343 g/mol. The highest BCUT2D eigenvalue weighted by Crippen LogP contribution is 2.19. The second-order valence-electron chi connectivity index (χ2n) is 7.01. The summed E-state index contributed by atoms with van der Waals surface area (Å²) >= 11 is 0. The number of aliphatic hydroxyl groups excluding tert-OH is 2. The number of ether oxygens (including phenoxy) is 1. The highest BCUT2D eigenvalue weighted by atomic mass is 16.5. The quantitative estimate of drug-likeness (QED) is 0.845. The Labute approximate surface area is 147 Å². The lowest BCUT2D eigenvalue weighted by Gasteiger charge is -2.43. The van der Waals surface area contributed by atoms with Gasteiger partial charge in [0, 0.05) is 44.3 Å². The van der Waals surface area contributed by atoms with E-state index in [4.69, 9.17) is 4.74 Å². The zero-order chi connectivity index (χ0) is 17.2. The van der Waals surface area contributed by atoms with Crippen LogP contribution < -0.4 is 0 Å². The van der Waals surface area contributed by atoms with Gasteiger partial charge in [-0.1, -0.05) is 12.1 Å². The van der Waals surface area contributed by atoms with E-state index >= 15 is 0 Å². The average Bonchev–Trinajstić information content (AvgIpc) is 2.65. The highest BCUT2D eigenvalue weighted by Gasteiger charge is 2.36. The van der Waals surface area contributed by atoms with Gasteiger partial charge in [-0.15, -0.1) is 0 Å². The zero-order valence-electron chi connectivity index (χ0n) is 14.3. The third-order valence-electron chi connectivity index (χ3n) is 5.32. The number of benzene rings is 1. The summed E-state index contributed by atoms with van der Waals surface area (Å²) in [5.41, 5.74) is 2.33. The van der Waals surface area contributed by atoms with Gasteiger partial charge in [0.25, 0.3) is 0 Å². The maximum absolute atomic E-state index is 10.2. The van der Waals surface area contributed by atoms with Gasteiger partial charge in [-0.25, -0.2) is 0 Å². The van der Waals surface area contributed by atoms with Crippen LogP contribution in [0.2, 0.25) is 0 Å². The number of piperazine rings is 1. The fourth-order valence-corrected chi connectivity index (χ4v) is 3.82. The molecule has 0 spiro atoms. The Bertz CT molecular complexity index is 718. The molecule has 2 saturated heterocycles. The summed E-state index contributed by atoms with van der Waals surface area (Å²) in [6, 6.07) is 10.4. The molecule has 0 bridgehead atoms. The van der Waals surface area contributed by atoms with Crippen LogP contribution in [0.1, 0.15) is 5.56 Å². The molecular formula is C19H25N3O3. The number of pyridine rings is 1. The number of nitrogens with zero attached hydrogens (tertiary/aromatic N) is 3. The molecule has 134 valence electrons. The van der Waals surface area contributed by atoms with Crippen molar-refractivity contribution >= 4 is 10.9 Å². The van der Waals surface area contributed by atoms with E-state index in [9.17, 15) is 10.2 Å². The van der Waals surface area contributed by atoms with Crippen molar-refractivity contribution in [2.45, 2.75) is 24.8 Å². The largest absolute Gasteiger partial charge is 0.389 e. The molecule has 25 heavy (non-hydrogen) atoms. The minimum absolute atomic E-state index is 0.0994. The summed E-state index contributed by atoms with van der Waals surface area (Å²) in [5, 5.41) is 21.2. The van der Waals surface area contributed by atoms with E-state index in [1.165, 1.54) is 10.9 Å². The van der Waals surface area contributed by atoms with Crippen LogP contribution in [0.3, 0.4) is 0 Å². The van der Waals surface area contributed by atoms with Crippen LogP contribution in [0.15, 0.2) is 36.5 Å². The summed E-state index contributed by atoms with van der Waals surface area (Å²) in [6.07, 6.45) is 0.331. The lowest BCUT2D eigenvalue weighted by Crippen LogP contribution is -2.60. The number of aromatic nitrogens is 1. The molecule has 0 aliphatic carbocycles. The van der Waals surface area contributed by atoms with Crippen LogP contribution >= 0.6 is 0 Å².